The molecule has 0 bridgehead atoms. The van der Waals surface area contributed by atoms with Gasteiger partial charge in [-0.05, 0) is 57.3 Å². The van der Waals surface area contributed by atoms with Crippen molar-refractivity contribution >= 4 is 0 Å². The van der Waals surface area contributed by atoms with Crippen molar-refractivity contribution < 1.29 is 0 Å². The fourth-order valence-corrected chi connectivity index (χ4v) is 4.50. The molecule has 0 aromatic rings. The number of nitrogens with zero attached hydrogens (tertiary/aromatic N) is 2. The standard InChI is InChI=1S/C16H24N2/c1-17-11-14-10-16(14,12-17)13-4-6-15(7-5-13)18-8-2-3-9-18/h4-6,14-15H,2-3,7-12H2,1H3. The van der Waals surface area contributed by atoms with Crippen LogP contribution >= 0.6 is 0 Å². The molecular weight excluding hydrogens is 220 g/mol. The largest absolute Gasteiger partial charge is 0.305 e. The van der Waals surface area contributed by atoms with Gasteiger partial charge in [-0.25, -0.2) is 0 Å². The van der Waals surface area contributed by atoms with Crippen molar-refractivity contribution in [2.45, 2.75) is 31.7 Å². The Morgan fingerprint density at radius 1 is 1.28 bits per heavy atom. The van der Waals surface area contributed by atoms with Crippen LogP contribution in [0.3, 0.4) is 0 Å². The van der Waals surface area contributed by atoms with Crippen LogP contribution in [0, 0.1) is 11.3 Å². The molecule has 2 aliphatic carbocycles. The van der Waals surface area contributed by atoms with Gasteiger partial charge >= 0.3 is 0 Å². The third-order valence-electron chi connectivity index (χ3n) is 5.58. The Labute approximate surface area is 110 Å². The molecule has 3 unspecified atom stereocenters. The summed E-state index contributed by atoms with van der Waals surface area (Å²) < 4.78 is 0. The zero-order valence-corrected chi connectivity index (χ0v) is 11.4. The van der Waals surface area contributed by atoms with Gasteiger partial charge in [-0.1, -0.05) is 18.2 Å². The average molecular weight is 244 g/mol. The van der Waals surface area contributed by atoms with Crippen molar-refractivity contribution in [2.75, 3.05) is 33.2 Å². The normalized spacial score (nSPS) is 44.2. The van der Waals surface area contributed by atoms with Crippen molar-refractivity contribution in [3.05, 3.63) is 23.8 Å². The molecular formula is C16H24N2. The van der Waals surface area contributed by atoms with Crippen molar-refractivity contribution in [1.29, 1.82) is 0 Å². The molecule has 18 heavy (non-hydrogen) atoms. The molecule has 98 valence electrons. The summed E-state index contributed by atoms with van der Waals surface area (Å²) in [6, 6.07) is 0.698. The third-order valence-corrected chi connectivity index (χ3v) is 5.58. The molecule has 1 saturated carbocycles. The van der Waals surface area contributed by atoms with Gasteiger partial charge in [0.2, 0.25) is 0 Å². The molecule has 2 nitrogen and oxygen atoms in total. The van der Waals surface area contributed by atoms with Crippen LogP contribution in [0.25, 0.3) is 0 Å². The van der Waals surface area contributed by atoms with E-state index in [1.54, 1.807) is 5.57 Å². The van der Waals surface area contributed by atoms with E-state index >= 15 is 0 Å². The summed E-state index contributed by atoms with van der Waals surface area (Å²) in [4.78, 5) is 5.17. The van der Waals surface area contributed by atoms with Gasteiger partial charge in [-0.2, -0.15) is 0 Å². The number of rotatable bonds is 2. The van der Waals surface area contributed by atoms with E-state index in [1.165, 1.54) is 51.9 Å². The maximum Gasteiger partial charge on any atom is 0.0316 e. The Hall–Kier alpha value is -0.600. The van der Waals surface area contributed by atoms with Crippen LogP contribution in [0.4, 0.5) is 0 Å². The van der Waals surface area contributed by atoms with Crippen molar-refractivity contribution in [1.82, 2.24) is 9.80 Å². The third kappa shape index (κ3) is 1.62. The zero-order chi connectivity index (χ0) is 12.2. The Bertz CT molecular complexity index is 405. The molecule has 0 spiro atoms. The molecule has 2 heteroatoms. The minimum absolute atomic E-state index is 0.571. The van der Waals surface area contributed by atoms with E-state index in [0.29, 0.717) is 11.5 Å². The topological polar surface area (TPSA) is 6.48 Å². The Balaban J connectivity index is 1.46. The number of hydrogen-bond donors (Lipinski definition) is 0. The molecule has 0 radical (unpaired) electrons. The number of fused-ring (bicyclic) bond motifs is 1. The van der Waals surface area contributed by atoms with E-state index in [-0.39, 0.29) is 0 Å². The predicted octanol–water partition coefficient (Wildman–Crippen LogP) is 2.29. The van der Waals surface area contributed by atoms with Gasteiger partial charge < -0.3 is 4.90 Å². The van der Waals surface area contributed by atoms with Crippen LogP contribution in [0.15, 0.2) is 23.8 Å². The summed E-state index contributed by atoms with van der Waals surface area (Å²) in [5, 5.41) is 0. The quantitative estimate of drug-likeness (QED) is 0.735. The van der Waals surface area contributed by atoms with Crippen LogP contribution in [0.5, 0.6) is 0 Å². The smallest absolute Gasteiger partial charge is 0.0316 e. The number of piperidine rings is 1. The summed E-state index contributed by atoms with van der Waals surface area (Å²) in [6.45, 7) is 5.24. The average Bonchev–Trinajstić information content (AvgIpc) is 2.82. The van der Waals surface area contributed by atoms with E-state index < -0.39 is 0 Å². The fourth-order valence-electron chi connectivity index (χ4n) is 4.50. The maximum absolute atomic E-state index is 2.66. The summed E-state index contributed by atoms with van der Waals surface area (Å²) in [5.41, 5.74) is 2.23. The maximum atomic E-state index is 2.66. The molecule has 4 aliphatic rings. The molecule has 3 fully saturated rings. The highest BCUT2D eigenvalue weighted by Crippen LogP contribution is 2.62. The van der Waals surface area contributed by atoms with Crippen molar-refractivity contribution in [2.24, 2.45) is 11.3 Å². The summed E-state index contributed by atoms with van der Waals surface area (Å²) in [6.07, 6.45) is 13.0. The number of hydrogen-bond acceptors (Lipinski definition) is 2. The van der Waals surface area contributed by atoms with E-state index in [2.05, 4.69) is 35.1 Å². The Morgan fingerprint density at radius 3 is 2.72 bits per heavy atom. The lowest BCUT2D eigenvalue weighted by Gasteiger charge is -2.28. The zero-order valence-electron chi connectivity index (χ0n) is 11.4. The first-order chi connectivity index (χ1) is 8.78. The van der Waals surface area contributed by atoms with Gasteiger partial charge in [0.15, 0.2) is 0 Å². The van der Waals surface area contributed by atoms with Crippen LogP contribution in [0.2, 0.25) is 0 Å². The first kappa shape index (κ1) is 11.2. The molecule has 2 aliphatic heterocycles. The van der Waals surface area contributed by atoms with Gasteiger partial charge in [0, 0.05) is 24.5 Å². The second-order valence-corrected chi connectivity index (χ2v) is 6.82. The predicted molar refractivity (Wildman–Crippen MR) is 74.5 cm³/mol. The van der Waals surface area contributed by atoms with Crippen molar-refractivity contribution in [3.63, 3.8) is 0 Å². The Kier molecular flexibility index (Phi) is 2.46. The summed E-state index contributed by atoms with van der Waals surface area (Å²) in [7, 11) is 2.27. The van der Waals surface area contributed by atoms with Gasteiger partial charge in [0.1, 0.15) is 0 Å². The first-order valence-corrected chi connectivity index (χ1v) is 7.59. The summed E-state index contributed by atoms with van der Waals surface area (Å²) >= 11 is 0. The van der Waals surface area contributed by atoms with E-state index in [9.17, 15) is 0 Å². The van der Waals surface area contributed by atoms with Crippen LogP contribution in [-0.4, -0.2) is 49.1 Å². The molecule has 0 amide bonds. The molecule has 2 heterocycles. The minimum Gasteiger partial charge on any atom is -0.305 e. The Morgan fingerprint density at radius 2 is 2.11 bits per heavy atom. The van der Waals surface area contributed by atoms with E-state index in [1.807, 2.05) is 0 Å². The van der Waals surface area contributed by atoms with Crippen molar-refractivity contribution in [3.8, 4) is 0 Å². The van der Waals surface area contributed by atoms with Gasteiger partial charge in [0.25, 0.3) is 0 Å². The minimum atomic E-state index is 0.571. The molecule has 0 aromatic carbocycles. The first-order valence-electron chi connectivity index (χ1n) is 7.59. The van der Waals surface area contributed by atoms with Crippen LogP contribution in [-0.2, 0) is 0 Å². The SMILES string of the molecule is CN1CC2CC2(C2=CCC(N3CCCC3)C=C2)C1. The second-order valence-electron chi connectivity index (χ2n) is 6.82. The van der Waals surface area contributed by atoms with Crippen LogP contribution in [0.1, 0.15) is 25.7 Å². The van der Waals surface area contributed by atoms with E-state index in [0.717, 1.165) is 5.92 Å². The molecule has 0 N–H and O–H groups in total. The van der Waals surface area contributed by atoms with Gasteiger partial charge in [-0.15, -0.1) is 0 Å². The number of likely N-dealkylation sites (tertiary alicyclic amines) is 2. The van der Waals surface area contributed by atoms with Gasteiger partial charge in [-0.3, -0.25) is 4.90 Å². The lowest BCUT2D eigenvalue weighted by molar-refractivity contribution is 0.282. The highest BCUT2D eigenvalue weighted by molar-refractivity contribution is 5.39. The lowest BCUT2D eigenvalue weighted by atomic mass is 9.89. The fraction of sp³-hybridized carbons (Fsp3) is 0.750. The number of allylic oxidation sites excluding steroid dienone is 1. The summed E-state index contributed by atoms with van der Waals surface area (Å²) in [5.74, 6) is 0.960. The highest BCUT2D eigenvalue weighted by atomic mass is 15.2. The second kappa shape index (κ2) is 3.94. The molecule has 2 saturated heterocycles. The lowest BCUT2D eigenvalue weighted by Crippen LogP contribution is -2.32. The molecule has 0 aromatic heterocycles. The van der Waals surface area contributed by atoms with Crippen LogP contribution < -0.4 is 0 Å². The molecule has 4 rings (SSSR count). The monoisotopic (exact) mass is 244 g/mol. The van der Waals surface area contributed by atoms with E-state index in [4.69, 9.17) is 0 Å². The molecule has 3 atom stereocenters. The van der Waals surface area contributed by atoms with Gasteiger partial charge in [0.05, 0.1) is 0 Å². The highest BCUT2D eigenvalue weighted by Gasteiger charge is 2.60.